The molecule has 0 atom stereocenters. The molecule has 4 N–H and O–H groups in total. The molecule has 1 amide bonds. The number of phenols is 2. The highest BCUT2D eigenvalue weighted by molar-refractivity contribution is 6.31. The Morgan fingerprint density at radius 3 is 2.14 bits per heavy atom. The number of benzene rings is 3. The van der Waals surface area contributed by atoms with E-state index in [0.29, 0.717) is 19.4 Å². The third-order valence-electron chi connectivity index (χ3n) is 7.02. The van der Waals surface area contributed by atoms with Crippen LogP contribution in [0.25, 0.3) is 0 Å². The van der Waals surface area contributed by atoms with Gasteiger partial charge in [-0.3, -0.25) is 14.4 Å². The zero-order valence-electron chi connectivity index (χ0n) is 22.3. The van der Waals surface area contributed by atoms with Crippen LogP contribution in [0.2, 0.25) is 0 Å². The Kier molecular flexibility index (Phi) is 8.90. The SMILES string of the molecule is NC(=O)c1cc(O)c2c(c1CCCc1cc[n+](Cc3ccc(OC(F)(F)F)cc3)cc1)C(=O)c1cccc(O)c1C2=O.[Br-]. The Balaban J connectivity index is 0.00000423. The normalized spacial score (nSPS) is 12.3. The lowest BCUT2D eigenvalue weighted by Crippen LogP contribution is -3.00. The Morgan fingerprint density at radius 1 is 0.837 bits per heavy atom. The first-order chi connectivity index (χ1) is 19.9. The van der Waals surface area contributed by atoms with E-state index in [4.69, 9.17) is 5.73 Å². The number of aryl methyl sites for hydroxylation is 1. The largest absolute Gasteiger partial charge is 1.00 e. The summed E-state index contributed by atoms with van der Waals surface area (Å²) in [6.07, 6.45) is 0.0949. The van der Waals surface area contributed by atoms with Crippen molar-refractivity contribution in [2.75, 3.05) is 0 Å². The average molecular weight is 657 g/mol. The lowest BCUT2D eigenvalue weighted by molar-refractivity contribution is -0.688. The number of ether oxygens (including phenoxy) is 1. The number of ketones is 2. The molecule has 0 saturated heterocycles. The highest BCUT2D eigenvalue weighted by atomic mass is 79.9. The van der Waals surface area contributed by atoms with E-state index in [2.05, 4.69) is 4.74 Å². The molecule has 1 aliphatic rings. The fourth-order valence-electron chi connectivity index (χ4n) is 5.13. The number of pyridine rings is 1. The topological polar surface area (TPSA) is 131 Å². The molecule has 1 aromatic heterocycles. The molecule has 0 fully saturated rings. The van der Waals surface area contributed by atoms with Crippen LogP contribution in [-0.2, 0) is 19.4 Å². The highest BCUT2D eigenvalue weighted by Gasteiger charge is 2.37. The molecule has 0 aliphatic heterocycles. The predicted molar refractivity (Wildman–Crippen MR) is 142 cm³/mol. The van der Waals surface area contributed by atoms with Crippen LogP contribution in [0.3, 0.4) is 0 Å². The standard InChI is InChI=1S/C31H23F3N2O6.BrH/c32-31(33,34)42-19-9-7-18(8-10-19)16-36-13-11-17(12-14-36)3-1-4-20-22(30(35)41)15-24(38)27-26(20)28(39)21-5-2-6-23(37)25(21)29(27)40;/h2,5-15H,1,3-4,16H2,(H3-,35,37,38,40,41);1H. The number of hydrogen-bond acceptors (Lipinski definition) is 6. The van der Waals surface area contributed by atoms with Gasteiger partial charge in [-0.15, -0.1) is 13.2 Å². The quantitative estimate of drug-likeness (QED) is 0.217. The van der Waals surface area contributed by atoms with Crippen molar-refractivity contribution in [3.63, 3.8) is 0 Å². The van der Waals surface area contributed by atoms with Gasteiger partial charge in [0.05, 0.1) is 11.1 Å². The van der Waals surface area contributed by atoms with E-state index in [9.17, 15) is 37.8 Å². The van der Waals surface area contributed by atoms with Gasteiger partial charge in [-0.2, -0.15) is 0 Å². The first-order valence-electron chi connectivity index (χ1n) is 12.9. The number of primary amides is 1. The van der Waals surface area contributed by atoms with E-state index in [1.165, 1.54) is 30.3 Å². The second kappa shape index (κ2) is 12.3. The van der Waals surface area contributed by atoms with Crippen molar-refractivity contribution < 1.29 is 64.1 Å². The Labute approximate surface area is 253 Å². The summed E-state index contributed by atoms with van der Waals surface area (Å²) in [6, 6.07) is 14.5. The van der Waals surface area contributed by atoms with Crippen molar-refractivity contribution in [3.05, 3.63) is 118 Å². The van der Waals surface area contributed by atoms with Crippen LogP contribution >= 0.6 is 0 Å². The van der Waals surface area contributed by atoms with Crippen LogP contribution in [0.15, 0.2) is 73.1 Å². The molecule has 12 heteroatoms. The molecule has 0 radical (unpaired) electrons. The van der Waals surface area contributed by atoms with Crippen LogP contribution in [0.1, 0.15) is 65.3 Å². The molecule has 0 bridgehead atoms. The molecular weight excluding hydrogens is 633 g/mol. The van der Waals surface area contributed by atoms with Crippen LogP contribution in [0.5, 0.6) is 17.2 Å². The van der Waals surface area contributed by atoms with Crippen molar-refractivity contribution in [2.24, 2.45) is 5.73 Å². The molecule has 5 rings (SSSR count). The van der Waals surface area contributed by atoms with Gasteiger partial charge in [-0.25, -0.2) is 4.57 Å². The van der Waals surface area contributed by atoms with Gasteiger partial charge < -0.3 is 37.7 Å². The summed E-state index contributed by atoms with van der Waals surface area (Å²) in [5.41, 5.74) is 6.88. The molecular formula is C31H24BrF3N2O6. The molecule has 222 valence electrons. The number of aromatic nitrogens is 1. The number of hydrogen-bond donors (Lipinski definition) is 3. The highest BCUT2D eigenvalue weighted by Crippen LogP contribution is 2.39. The Hall–Kier alpha value is -4.71. The number of alkyl halides is 3. The minimum absolute atomic E-state index is 0. The minimum atomic E-state index is -4.75. The lowest BCUT2D eigenvalue weighted by Gasteiger charge is -2.23. The number of aromatic hydroxyl groups is 2. The van der Waals surface area contributed by atoms with Gasteiger partial charge in [-0.1, -0.05) is 12.1 Å². The molecule has 4 aromatic rings. The van der Waals surface area contributed by atoms with E-state index in [0.717, 1.165) is 17.2 Å². The first-order valence-corrected chi connectivity index (χ1v) is 12.9. The number of phenolic OH excluding ortho intramolecular Hbond substituents is 2. The zero-order valence-corrected chi connectivity index (χ0v) is 23.9. The second-order valence-electron chi connectivity index (χ2n) is 9.82. The van der Waals surface area contributed by atoms with Gasteiger partial charge in [-0.05, 0) is 66.8 Å². The summed E-state index contributed by atoms with van der Waals surface area (Å²) in [4.78, 5) is 38.9. The number of amides is 1. The lowest BCUT2D eigenvalue weighted by atomic mass is 9.78. The van der Waals surface area contributed by atoms with Crippen LogP contribution in [0, 0.1) is 0 Å². The fourth-order valence-corrected chi connectivity index (χ4v) is 5.13. The summed E-state index contributed by atoms with van der Waals surface area (Å²) in [5, 5.41) is 20.8. The van der Waals surface area contributed by atoms with Crippen molar-refractivity contribution in [2.45, 2.75) is 32.2 Å². The molecule has 0 unspecified atom stereocenters. The van der Waals surface area contributed by atoms with Gasteiger partial charge >= 0.3 is 6.36 Å². The zero-order chi connectivity index (χ0) is 30.2. The van der Waals surface area contributed by atoms with Crippen LogP contribution < -0.4 is 32.0 Å². The van der Waals surface area contributed by atoms with Crippen LogP contribution in [0.4, 0.5) is 13.2 Å². The number of rotatable bonds is 8. The molecule has 3 aromatic carbocycles. The first kappa shape index (κ1) is 31.2. The number of nitrogens with two attached hydrogens (primary N) is 1. The smallest absolute Gasteiger partial charge is 0.573 e. The van der Waals surface area contributed by atoms with E-state index < -0.39 is 29.6 Å². The summed E-state index contributed by atoms with van der Waals surface area (Å²) >= 11 is 0. The number of halogens is 4. The second-order valence-corrected chi connectivity index (χ2v) is 9.82. The summed E-state index contributed by atoms with van der Waals surface area (Å²) in [6.45, 7) is 0.418. The van der Waals surface area contributed by atoms with E-state index in [1.54, 1.807) is 12.1 Å². The van der Waals surface area contributed by atoms with Crippen molar-refractivity contribution in [1.29, 1.82) is 0 Å². The molecule has 0 spiro atoms. The Bertz CT molecular complexity index is 1720. The fraction of sp³-hybridized carbons (Fsp3) is 0.161. The molecule has 1 aliphatic carbocycles. The molecule has 43 heavy (non-hydrogen) atoms. The maximum atomic E-state index is 13.5. The summed E-state index contributed by atoms with van der Waals surface area (Å²) in [7, 11) is 0. The molecule has 0 saturated carbocycles. The van der Waals surface area contributed by atoms with Crippen LogP contribution in [-0.4, -0.2) is 34.0 Å². The van der Waals surface area contributed by atoms with E-state index >= 15 is 0 Å². The molecule has 1 heterocycles. The maximum Gasteiger partial charge on any atom is 0.573 e. The van der Waals surface area contributed by atoms with Gasteiger partial charge in [0, 0.05) is 34.4 Å². The van der Waals surface area contributed by atoms with Crippen molar-refractivity contribution in [1.82, 2.24) is 0 Å². The Morgan fingerprint density at radius 2 is 1.51 bits per heavy atom. The average Bonchev–Trinajstić information content (AvgIpc) is 2.93. The van der Waals surface area contributed by atoms with Crippen molar-refractivity contribution >= 4 is 17.5 Å². The third kappa shape index (κ3) is 6.54. The van der Waals surface area contributed by atoms with Gasteiger partial charge in [0.15, 0.2) is 24.7 Å². The third-order valence-corrected chi connectivity index (χ3v) is 7.02. The van der Waals surface area contributed by atoms with Crippen molar-refractivity contribution in [3.8, 4) is 17.2 Å². The van der Waals surface area contributed by atoms with Gasteiger partial charge in [0.1, 0.15) is 17.2 Å². The minimum Gasteiger partial charge on any atom is -1.00 e. The summed E-state index contributed by atoms with van der Waals surface area (Å²) in [5.74, 6) is -3.42. The van der Waals surface area contributed by atoms with Gasteiger partial charge in [0.25, 0.3) is 0 Å². The predicted octanol–water partition coefficient (Wildman–Crippen LogP) is 1.39. The van der Waals surface area contributed by atoms with E-state index in [1.807, 2.05) is 29.1 Å². The number of carbonyl (C=O) groups is 3. The van der Waals surface area contributed by atoms with Gasteiger partial charge in [0.2, 0.25) is 11.7 Å². The van der Waals surface area contributed by atoms with E-state index in [-0.39, 0.29) is 68.3 Å². The number of nitrogens with zero attached hydrogens (tertiary/aromatic N) is 1. The monoisotopic (exact) mass is 656 g/mol. The summed E-state index contributed by atoms with van der Waals surface area (Å²) < 4.78 is 42.8. The molecule has 8 nitrogen and oxygen atoms in total. The number of fused-ring (bicyclic) bond motifs is 2. The maximum absolute atomic E-state index is 13.5. The number of carbonyl (C=O) groups excluding carboxylic acids is 3.